The van der Waals surface area contributed by atoms with Crippen molar-refractivity contribution >= 4 is 21.8 Å². The van der Waals surface area contributed by atoms with Crippen molar-refractivity contribution in [3.63, 3.8) is 0 Å². The third-order valence-corrected chi connectivity index (χ3v) is 7.87. The van der Waals surface area contributed by atoms with Crippen LogP contribution in [-0.2, 0) is 10.0 Å². The number of allylic oxidation sites excluding steroid dienone is 1. The molecule has 0 aliphatic carbocycles. The quantitative estimate of drug-likeness (QED) is 0.228. The Balaban J connectivity index is 2.21. The summed E-state index contributed by atoms with van der Waals surface area (Å²) in [6, 6.07) is 17.2. The maximum absolute atomic E-state index is 12.9. The van der Waals surface area contributed by atoms with E-state index in [1.807, 2.05) is 43.3 Å². The lowest BCUT2D eigenvalue weighted by molar-refractivity contribution is 0.488. The average Bonchev–Trinajstić information content (AvgIpc) is 2.71. The lowest BCUT2D eigenvalue weighted by Crippen LogP contribution is -2.40. The smallest absolute Gasteiger partial charge is 0.210 e. The van der Waals surface area contributed by atoms with Crippen LogP contribution >= 0.6 is 11.8 Å². The van der Waals surface area contributed by atoms with Gasteiger partial charge in [-0.1, -0.05) is 74.6 Å². The molecule has 1 N–H and O–H groups in total. The van der Waals surface area contributed by atoms with Crippen molar-refractivity contribution in [1.29, 1.82) is 0 Å². The number of thioether (sulfide) groups is 1. The molecule has 2 aromatic rings. The Labute approximate surface area is 181 Å². The molecule has 0 radical (unpaired) electrons. The fourth-order valence-corrected chi connectivity index (χ4v) is 5.90. The van der Waals surface area contributed by atoms with Gasteiger partial charge in [0.05, 0.1) is 4.90 Å². The summed E-state index contributed by atoms with van der Waals surface area (Å²) < 4.78 is 28.4. The van der Waals surface area contributed by atoms with Gasteiger partial charge in [0, 0.05) is 16.2 Å². The monoisotopic (exact) mass is 431 g/mol. The van der Waals surface area contributed by atoms with Crippen molar-refractivity contribution in [3.05, 3.63) is 72.8 Å². The van der Waals surface area contributed by atoms with Crippen LogP contribution in [0.15, 0.2) is 77.0 Å². The Kier molecular flexibility index (Phi) is 9.47. The summed E-state index contributed by atoms with van der Waals surface area (Å²) in [4.78, 5) is 1.46. The number of aryl methyl sites for hydroxylation is 1. The molecule has 29 heavy (non-hydrogen) atoms. The Morgan fingerprint density at radius 2 is 1.72 bits per heavy atom. The van der Waals surface area contributed by atoms with Crippen LogP contribution in [0.2, 0.25) is 0 Å². The van der Waals surface area contributed by atoms with Gasteiger partial charge in [-0.2, -0.15) is 0 Å². The van der Waals surface area contributed by atoms with E-state index in [-0.39, 0.29) is 4.75 Å². The standard InChI is InChI=1S/C24H33NO2S2/c1-4-6-7-11-19-24(18-5-2,28-22-12-9-8-10-13-22)20-25-29(26,27)23-16-14-21(3)15-17-23/h5,8-10,12-17,25H,2,4,6-7,11,18-20H2,1,3H3. The molecule has 0 amide bonds. The maximum Gasteiger partial charge on any atom is 0.240 e. The minimum atomic E-state index is -3.55. The zero-order valence-corrected chi connectivity index (χ0v) is 19.2. The lowest BCUT2D eigenvalue weighted by Gasteiger charge is -2.33. The van der Waals surface area contributed by atoms with E-state index in [1.165, 1.54) is 12.8 Å². The summed E-state index contributed by atoms with van der Waals surface area (Å²) in [5.41, 5.74) is 1.04. The first-order chi connectivity index (χ1) is 13.9. The third-order valence-electron chi connectivity index (χ3n) is 5.00. The summed E-state index contributed by atoms with van der Waals surface area (Å²) >= 11 is 1.76. The van der Waals surface area contributed by atoms with Crippen molar-refractivity contribution in [2.24, 2.45) is 0 Å². The largest absolute Gasteiger partial charge is 0.240 e. The van der Waals surface area contributed by atoms with E-state index in [2.05, 4.69) is 30.4 Å². The molecule has 0 fully saturated rings. The zero-order valence-electron chi connectivity index (χ0n) is 17.6. The van der Waals surface area contributed by atoms with E-state index in [1.54, 1.807) is 23.9 Å². The number of sulfonamides is 1. The van der Waals surface area contributed by atoms with E-state index in [9.17, 15) is 8.42 Å². The molecular weight excluding hydrogens is 398 g/mol. The van der Waals surface area contributed by atoms with Crippen LogP contribution in [0.1, 0.15) is 51.0 Å². The van der Waals surface area contributed by atoms with Gasteiger partial charge in [0.25, 0.3) is 0 Å². The second-order valence-electron chi connectivity index (χ2n) is 7.54. The average molecular weight is 432 g/mol. The number of benzene rings is 2. The number of nitrogens with one attached hydrogen (secondary N) is 1. The van der Waals surface area contributed by atoms with Gasteiger partial charge in [-0.25, -0.2) is 13.1 Å². The van der Waals surface area contributed by atoms with Crippen molar-refractivity contribution < 1.29 is 8.42 Å². The van der Waals surface area contributed by atoms with Gasteiger partial charge in [-0.05, 0) is 44.0 Å². The van der Waals surface area contributed by atoms with E-state index in [4.69, 9.17) is 0 Å². The second-order valence-corrected chi connectivity index (χ2v) is 10.8. The van der Waals surface area contributed by atoms with Crippen LogP contribution in [0, 0.1) is 6.92 Å². The number of unbranched alkanes of at least 4 members (excludes halogenated alkanes) is 3. The summed E-state index contributed by atoms with van der Waals surface area (Å²) in [6.45, 7) is 8.48. The van der Waals surface area contributed by atoms with Crippen LogP contribution in [0.5, 0.6) is 0 Å². The molecule has 5 heteroatoms. The van der Waals surface area contributed by atoms with Gasteiger partial charge in [-0.3, -0.25) is 0 Å². The molecule has 158 valence electrons. The van der Waals surface area contributed by atoms with Gasteiger partial charge < -0.3 is 0 Å². The molecular formula is C24H33NO2S2. The summed E-state index contributed by atoms with van der Waals surface area (Å²) in [5.74, 6) is 0. The van der Waals surface area contributed by atoms with Crippen LogP contribution in [-0.4, -0.2) is 19.7 Å². The molecule has 2 aromatic carbocycles. The first-order valence-corrected chi connectivity index (χ1v) is 12.6. The van der Waals surface area contributed by atoms with E-state index >= 15 is 0 Å². The Bertz CT molecular complexity index is 848. The summed E-state index contributed by atoms with van der Waals surface area (Å²) in [6.07, 6.45) is 8.22. The van der Waals surface area contributed by atoms with E-state index < -0.39 is 10.0 Å². The Hall–Kier alpha value is -1.56. The van der Waals surface area contributed by atoms with Gasteiger partial charge in [0.15, 0.2) is 0 Å². The fourth-order valence-electron chi connectivity index (χ4n) is 3.29. The Morgan fingerprint density at radius 3 is 2.34 bits per heavy atom. The molecule has 0 saturated carbocycles. The highest BCUT2D eigenvalue weighted by molar-refractivity contribution is 8.00. The lowest BCUT2D eigenvalue weighted by atomic mass is 9.96. The number of rotatable bonds is 13. The predicted molar refractivity (Wildman–Crippen MR) is 125 cm³/mol. The van der Waals surface area contributed by atoms with Crippen LogP contribution in [0.25, 0.3) is 0 Å². The molecule has 0 heterocycles. The van der Waals surface area contributed by atoms with Crippen LogP contribution in [0.3, 0.4) is 0 Å². The molecule has 0 aliphatic heterocycles. The molecule has 0 aliphatic rings. The van der Waals surface area contributed by atoms with Crippen molar-refractivity contribution in [2.75, 3.05) is 6.54 Å². The first-order valence-electron chi connectivity index (χ1n) is 10.3. The maximum atomic E-state index is 12.9. The van der Waals surface area contributed by atoms with Crippen molar-refractivity contribution in [3.8, 4) is 0 Å². The topological polar surface area (TPSA) is 46.2 Å². The number of hydrogen-bond donors (Lipinski definition) is 1. The van der Waals surface area contributed by atoms with Crippen LogP contribution < -0.4 is 4.72 Å². The van der Waals surface area contributed by atoms with Gasteiger partial charge in [0.2, 0.25) is 10.0 Å². The third kappa shape index (κ3) is 7.65. The molecule has 1 atom stereocenters. The minimum absolute atomic E-state index is 0.255. The molecule has 3 nitrogen and oxygen atoms in total. The molecule has 0 saturated heterocycles. The predicted octanol–water partition coefficient (Wildman–Crippen LogP) is 6.35. The van der Waals surface area contributed by atoms with E-state index in [0.29, 0.717) is 11.4 Å². The van der Waals surface area contributed by atoms with Crippen molar-refractivity contribution in [1.82, 2.24) is 4.72 Å². The highest BCUT2D eigenvalue weighted by Crippen LogP contribution is 2.40. The number of hydrogen-bond acceptors (Lipinski definition) is 3. The molecule has 0 bridgehead atoms. The Morgan fingerprint density at radius 1 is 1.03 bits per heavy atom. The highest BCUT2D eigenvalue weighted by Gasteiger charge is 2.32. The van der Waals surface area contributed by atoms with Crippen molar-refractivity contribution in [2.45, 2.75) is 66.9 Å². The van der Waals surface area contributed by atoms with Gasteiger partial charge in [-0.15, -0.1) is 18.3 Å². The zero-order chi connectivity index (χ0) is 21.2. The summed E-state index contributed by atoms with van der Waals surface area (Å²) in [7, 11) is -3.55. The van der Waals surface area contributed by atoms with Crippen LogP contribution in [0.4, 0.5) is 0 Å². The fraction of sp³-hybridized carbons (Fsp3) is 0.417. The van der Waals surface area contributed by atoms with Gasteiger partial charge >= 0.3 is 0 Å². The normalized spacial score (nSPS) is 13.7. The molecule has 1 unspecified atom stereocenters. The van der Waals surface area contributed by atoms with E-state index in [0.717, 1.165) is 36.1 Å². The highest BCUT2D eigenvalue weighted by atomic mass is 32.2. The SMILES string of the molecule is C=CCC(CCCCCC)(CNS(=O)(=O)c1ccc(C)cc1)Sc1ccccc1. The molecule has 0 spiro atoms. The summed E-state index contributed by atoms with van der Waals surface area (Å²) in [5, 5.41) is 0. The van der Waals surface area contributed by atoms with Gasteiger partial charge in [0.1, 0.15) is 0 Å². The first kappa shape index (κ1) is 23.7. The minimum Gasteiger partial charge on any atom is -0.210 e. The molecule has 2 rings (SSSR count). The molecule has 0 aromatic heterocycles. The second kappa shape index (κ2) is 11.6.